The van der Waals surface area contributed by atoms with Crippen molar-refractivity contribution in [1.29, 1.82) is 0 Å². The topological polar surface area (TPSA) is 42.7 Å². The van der Waals surface area contributed by atoms with Gasteiger partial charge in [0, 0.05) is 24.8 Å². The Kier molecular flexibility index (Phi) is 2.69. The number of thiazole rings is 1. The summed E-state index contributed by atoms with van der Waals surface area (Å²) in [6.07, 6.45) is 3.68. The second kappa shape index (κ2) is 3.98. The molecule has 0 saturated carbocycles. The fraction of sp³-hybridized carbons (Fsp3) is 0.250. The minimum Gasteiger partial charge on any atom is -0.354 e. The van der Waals surface area contributed by atoms with Gasteiger partial charge in [-0.05, 0) is 0 Å². The van der Waals surface area contributed by atoms with Gasteiger partial charge in [0.1, 0.15) is 11.0 Å². The zero-order chi connectivity index (χ0) is 9.97. The number of aromatic nitrogens is 3. The molecule has 14 heavy (non-hydrogen) atoms. The van der Waals surface area contributed by atoms with Gasteiger partial charge in [-0.2, -0.15) is 0 Å². The van der Waals surface area contributed by atoms with Crippen molar-refractivity contribution < 1.29 is 0 Å². The van der Waals surface area contributed by atoms with E-state index in [0.717, 1.165) is 11.0 Å². The number of halogens is 1. The molecule has 0 radical (unpaired) electrons. The molecule has 2 rings (SSSR count). The Morgan fingerprint density at radius 3 is 3.07 bits per heavy atom. The quantitative estimate of drug-likeness (QED) is 0.876. The standard InChI is InChI=1S/C8H9ClN4S/c1-13-3-2-10-7(13)4-11-8-12-6(9)5-14-8/h2-3,5H,4H2,1H3,(H,11,12). The Morgan fingerprint density at radius 2 is 2.50 bits per heavy atom. The summed E-state index contributed by atoms with van der Waals surface area (Å²) in [7, 11) is 1.96. The average molecular weight is 229 g/mol. The SMILES string of the molecule is Cn1ccnc1CNc1nc(Cl)cs1. The van der Waals surface area contributed by atoms with Gasteiger partial charge >= 0.3 is 0 Å². The van der Waals surface area contributed by atoms with Crippen LogP contribution in [0.15, 0.2) is 17.8 Å². The van der Waals surface area contributed by atoms with Crippen LogP contribution in [0.4, 0.5) is 5.13 Å². The number of anilines is 1. The predicted octanol–water partition coefficient (Wildman–Crippen LogP) is 2.14. The second-order valence-electron chi connectivity index (χ2n) is 2.78. The minimum absolute atomic E-state index is 0.525. The van der Waals surface area contributed by atoms with Gasteiger partial charge in [-0.1, -0.05) is 11.6 Å². The third-order valence-corrected chi connectivity index (χ3v) is 2.92. The van der Waals surface area contributed by atoms with Gasteiger partial charge in [0.15, 0.2) is 5.13 Å². The predicted molar refractivity (Wildman–Crippen MR) is 57.7 cm³/mol. The van der Waals surface area contributed by atoms with E-state index in [4.69, 9.17) is 11.6 Å². The van der Waals surface area contributed by atoms with E-state index in [2.05, 4.69) is 15.3 Å². The molecule has 0 aliphatic heterocycles. The van der Waals surface area contributed by atoms with Gasteiger partial charge in [0.2, 0.25) is 0 Å². The van der Waals surface area contributed by atoms with E-state index in [1.165, 1.54) is 11.3 Å². The van der Waals surface area contributed by atoms with Gasteiger partial charge < -0.3 is 9.88 Å². The van der Waals surface area contributed by atoms with Crippen LogP contribution < -0.4 is 5.32 Å². The maximum absolute atomic E-state index is 5.69. The summed E-state index contributed by atoms with van der Waals surface area (Å²) in [6, 6.07) is 0. The first kappa shape index (κ1) is 9.48. The molecule has 4 nitrogen and oxygen atoms in total. The zero-order valence-electron chi connectivity index (χ0n) is 7.57. The lowest BCUT2D eigenvalue weighted by Gasteiger charge is -2.01. The van der Waals surface area contributed by atoms with Crippen LogP contribution in [-0.2, 0) is 13.6 Å². The van der Waals surface area contributed by atoms with Crippen LogP contribution in [0.3, 0.4) is 0 Å². The number of hydrogen-bond donors (Lipinski definition) is 1. The summed E-state index contributed by atoms with van der Waals surface area (Å²) in [6.45, 7) is 0.660. The number of nitrogens with one attached hydrogen (secondary N) is 1. The molecule has 0 spiro atoms. The normalized spacial score (nSPS) is 10.4. The monoisotopic (exact) mass is 228 g/mol. The van der Waals surface area contributed by atoms with Gasteiger partial charge in [-0.15, -0.1) is 11.3 Å². The van der Waals surface area contributed by atoms with Crippen molar-refractivity contribution in [3.8, 4) is 0 Å². The number of rotatable bonds is 3. The Hall–Kier alpha value is -1.07. The van der Waals surface area contributed by atoms with Crippen molar-refractivity contribution in [2.75, 3.05) is 5.32 Å². The average Bonchev–Trinajstić information content (AvgIpc) is 2.72. The van der Waals surface area contributed by atoms with Crippen molar-refractivity contribution >= 4 is 28.1 Å². The Morgan fingerprint density at radius 1 is 1.64 bits per heavy atom. The molecular formula is C8H9ClN4S. The lowest BCUT2D eigenvalue weighted by molar-refractivity contribution is 0.812. The van der Waals surface area contributed by atoms with Crippen molar-refractivity contribution in [3.63, 3.8) is 0 Å². The molecule has 1 N–H and O–H groups in total. The minimum atomic E-state index is 0.525. The van der Waals surface area contributed by atoms with Crippen LogP contribution in [0.25, 0.3) is 0 Å². The van der Waals surface area contributed by atoms with Crippen LogP contribution in [0.1, 0.15) is 5.82 Å². The molecule has 0 aliphatic carbocycles. The van der Waals surface area contributed by atoms with E-state index < -0.39 is 0 Å². The molecule has 6 heteroatoms. The molecule has 0 aromatic carbocycles. The van der Waals surface area contributed by atoms with Gasteiger partial charge in [0.05, 0.1) is 6.54 Å². The molecule has 0 unspecified atom stereocenters. The third-order valence-electron chi connectivity index (χ3n) is 1.79. The molecule has 0 bridgehead atoms. The van der Waals surface area contributed by atoms with Gasteiger partial charge in [0.25, 0.3) is 0 Å². The van der Waals surface area contributed by atoms with Gasteiger partial charge in [-0.25, -0.2) is 9.97 Å². The van der Waals surface area contributed by atoms with Crippen LogP contribution >= 0.6 is 22.9 Å². The Balaban J connectivity index is 1.98. The first-order valence-corrected chi connectivity index (χ1v) is 5.32. The summed E-state index contributed by atoms with van der Waals surface area (Å²) < 4.78 is 1.96. The summed E-state index contributed by atoms with van der Waals surface area (Å²) >= 11 is 7.18. The number of aryl methyl sites for hydroxylation is 1. The number of hydrogen-bond acceptors (Lipinski definition) is 4. The van der Waals surface area contributed by atoms with Crippen LogP contribution in [0.5, 0.6) is 0 Å². The van der Waals surface area contributed by atoms with E-state index in [-0.39, 0.29) is 0 Å². The Bertz CT molecular complexity index is 422. The molecule has 2 aromatic rings. The molecule has 74 valence electrons. The molecule has 0 atom stereocenters. The fourth-order valence-corrected chi connectivity index (χ4v) is 1.89. The summed E-state index contributed by atoms with van der Waals surface area (Å²) in [5.41, 5.74) is 0. The molecule has 2 aromatic heterocycles. The lowest BCUT2D eigenvalue weighted by Crippen LogP contribution is -2.05. The van der Waals surface area contributed by atoms with E-state index >= 15 is 0 Å². The Labute approximate surface area is 90.6 Å². The maximum atomic E-state index is 5.69. The molecule has 0 saturated heterocycles. The molecular weight excluding hydrogens is 220 g/mol. The summed E-state index contributed by atoms with van der Waals surface area (Å²) in [5.74, 6) is 0.969. The highest BCUT2D eigenvalue weighted by Crippen LogP contribution is 2.19. The molecule has 2 heterocycles. The smallest absolute Gasteiger partial charge is 0.184 e. The van der Waals surface area contributed by atoms with E-state index in [9.17, 15) is 0 Å². The van der Waals surface area contributed by atoms with E-state index in [1.54, 1.807) is 11.6 Å². The highest BCUT2D eigenvalue weighted by Gasteiger charge is 2.01. The maximum Gasteiger partial charge on any atom is 0.184 e. The van der Waals surface area contributed by atoms with E-state index in [1.807, 2.05) is 17.8 Å². The third kappa shape index (κ3) is 2.05. The van der Waals surface area contributed by atoms with Crippen LogP contribution in [0, 0.1) is 0 Å². The lowest BCUT2D eigenvalue weighted by atomic mass is 10.6. The van der Waals surface area contributed by atoms with Crippen molar-refractivity contribution in [2.24, 2.45) is 7.05 Å². The highest BCUT2D eigenvalue weighted by molar-refractivity contribution is 7.14. The molecule has 0 aliphatic rings. The van der Waals surface area contributed by atoms with Crippen molar-refractivity contribution in [2.45, 2.75) is 6.54 Å². The summed E-state index contributed by atoms with van der Waals surface area (Å²) in [4.78, 5) is 8.26. The fourth-order valence-electron chi connectivity index (χ4n) is 1.06. The zero-order valence-corrected chi connectivity index (χ0v) is 9.14. The second-order valence-corrected chi connectivity index (χ2v) is 4.03. The first-order chi connectivity index (χ1) is 6.75. The van der Waals surface area contributed by atoms with E-state index in [0.29, 0.717) is 11.7 Å². The van der Waals surface area contributed by atoms with Crippen molar-refractivity contribution in [3.05, 3.63) is 28.8 Å². The van der Waals surface area contributed by atoms with Crippen LogP contribution in [0.2, 0.25) is 5.15 Å². The molecule has 0 fully saturated rings. The number of nitrogens with zero attached hydrogens (tertiary/aromatic N) is 3. The number of imidazole rings is 1. The largest absolute Gasteiger partial charge is 0.354 e. The van der Waals surface area contributed by atoms with Crippen molar-refractivity contribution in [1.82, 2.24) is 14.5 Å². The van der Waals surface area contributed by atoms with Crippen LogP contribution in [-0.4, -0.2) is 14.5 Å². The van der Waals surface area contributed by atoms with Gasteiger partial charge in [-0.3, -0.25) is 0 Å². The first-order valence-electron chi connectivity index (χ1n) is 4.07. The molecule has 0 amide bonds. The summed E-state index contributed by atoms with van der Waals surface area (Å²) in [5, 5.41) is 6.29. The highest BCUT2D eigenvalue weighted by atomic mass is 35.5.